The van der Waals surface area contributed by atoms with E-state index in [4.69, 9.17) is 0 Å². The van der Waals surface area contributed by atoms with Gasteiger partial charge in [0.2, 0.25) is 0 Å². The number of likely N-dealkylation sites (N-methyl/N-ethyl adjacent to an activating group) is 1. The lowest BCUT2D eigenvalue weighted by Gasteiger charge is -2.38. The summed E-state index contributed by atoms with van der Waals surface area (Å²) < 4.78 is 0.881. The monoisotopic (exact) mass is 320 g/mol. The number of benzene rings is 1. The van der Waals surface area contributed by atoms with Crippen LogP contribution in [0.5, 0.6) is 0 Å². The van der Waals surface area contributed by atoms with Gasteiger partial charge in [0.05, 0.1) is 20.6 Å². The molecule has 0 fully saturated rings. The summed E-state index contributed by atoms with van der Waals surface area (Å²) in [5, 5.41) is 10.6. The van der Waals surface area contributed by atoms with Crippen LogP contribution in [0.2, 0.25) is 0 Å². The van der Waals surface area contributed by atoms with Crippen molar-refractivity contribution in [1.82, 2.24) is 0 Å². The topological polar surface area (TPSA) is 20.2 Å². The van der Waals surface area contributed by atoms with Crippen LogP contribution in [0.4, 0.5) is 0 Å². The molecule has 1 aromatic rings. The Morgan fingerprint density at radius 2 is 1.39 bits per heavy atom. The van der Waals surface area contributed by atoms with E-state index in [1.165, 1.54) is 51.4 Å². The molecule has 1 rings (SSSR count). The van der Waals surface area contributed by atoms with Crippen molar-refractivity contribution < 1.29 is 9.59 Å². The number of hydrogen-bond acceptors (Lipinski definition) is 1. The first kappa shape index (κ1) is 20.2. The van der Waals surface area contributed by atoms with Crippen LogP contribution >= 0.6 is 0 Å². The second-order valence-corrected chi connectivity index (χ2v) is 7.57. The molecule has 0 aromatic heterocycles. The Morgan fingerprint density at radius 3 is 1.96 bits per heavy atom. The molecule has 0 spiro atoms. The van der Waals surface area contributed by atoms with Crippen LogP contribution in [-0.4, -0.2) is 36.3 Å². The van der Waals surface area contributed by atoms with E-state index in [9.17, 15) is 5.11 Å². The summed E-state index contributed by atoms with van der Waals surface area (Å²) in [5.41, 5.74) is 1.03. The molecule has 132 valence electrons. The van der Waals surface area contributed by atoms with E-state index >= 15 is 0 Å². The molecule has 0 unspecified atom stereocenters. The van der Waals surface area contributed by atoms with Gasteiger partial charge in [-0.25, -0.2) is 0 Å². The lowest BCUT2D eigenvalue weighted by atomic mass is 10.0. The number of hydrogen-bond donors (Lipinski definition) is 1. The molecule has 2 atom stereocenters. The van der Waals surface area contributed by atoms with Gasteiger partial charge >= 0.3 is 0 Å². The third kappa shape index (κ3) is 7.50. The van der Waals surface area contributed by atoms with Crippen LogP contribution in [0.25, 0.3) is 0 Å². The predicted molar refractivity (Wildman–Crippen MR) is 100 cm³/mol. The molecule has 1 aromatic carbocycles. The fraction of sp³-hybridized carbons (Fsp3) is 0.714. The summed E-state index contributed by atoms with van der Waals surface area (Å²) in [7, 11) is 4.50. The molecule has 2 nitrogen and oxygen atoms in total. The molecule has 1 N–H and O–H groups in total. The van der Waals surface area contributed by atoms with E-state index in [2.05, 4.69) is 27.9 Å². The Morgan fingerprint density at radius 1 is 0.870 bits per heavy atom. The summed E-state index contributed by atoms with van der Waals surface area (Å²) in [6.45, 7) is 5.58. The number of quaternary nitrogens is 1. The van der Waals surface area contributed by atoms with Gasteiger partial charge in [-0.2, -0.15) is 0 Å². The van der Waals surface area contributed by atoms with Gasteiger partial charge in [-0.3, -0.25) is 0 Å². The Bertz CT molecular complexity index is 402. The fourth-order valence-electron chi connectivity index (χ4n) is 3.17. The van der Waals surface area contributed by atoms with E-state index in [0.29, 0.717) is 0 Å². The van der Waals surface area contributed by atoms with Gasteiger partial charge in [0, 0.05) is 0 Å². The highest BCUT2D eigenvalue weighted by molar-refractivity contribution is 5.18. The van der Waals surface area contributed by atoms with Gasteiger partial charge < -0.3 is 9.59 Å². The standard InChI is InChI=1S/C21H38NO/c1-5-6-7-8-9-10-11-15-18-22(3,4)19(2)21(23)20-16-13-12-14-17-20/h12-14,16-17,19,21,23H,5-11,15,18H2,1-4H3/q+1/t19-,21-/m0/s1. The minimum atomic E-state index is -0.389. The highest BCUT2D eigenvalue weighted by Crippen LogP contribution is 2.24. The van der Waals surface area contributed by atoms with E-state index in [1.807, 2.05) is 30.3 Å². The van der Waals surface area contributed by atoms with Crippen molar-refractivity contribution >= 4 is 0 Å². The minimum Gasteiger partial charge on any atom is -0.382 e. The maximum Gasteiger partial charge on any atom is 0.130 e. The summed E-state index contributed by atoms with van der Waals surface area (Å²) in [5.74, 6) is 0. The Balaban J connectivity index is 2.28. The number of aliphatic hydroxyl groups excluding tert-OH is 1. The summed E-state index contributed by atoms with van der Waals surface area (Å²) in [4.78, 5) is 0. The molecule has 0 saturated heterocycles. The van der Waals surface area contributed by atoms with Crippen LogP contribution < -0.4 is 0 Å². The fourth-order valence-corrected chi connectivity index (χ4v) is 3.17. The van der Waals surface area contributed by atoms with Crippen molar-refractivity contribution in [1.29, 1.82) is 0 Å². The minimum absolute atomic E-state index is 0.210. The third-order valence-corrected chi connectivity index (χ3v) is 5.29. The molecule has 0 amide bonds. The summed E-state index contributed by atoms with van der Waals surface area (Å²) in [6.07, 6.45) is 10.4. The average Bonchev–Trinajstić information content (AvgIpc) is 2.56. The quantitative estimate of drug-likeness (QED) is 0.408. The van der Waals surface area contributed by atoms with Crippen LogP contribution in [0.15, 0.2) is 30.3 Å². The van der Waals surface area contributed by atoms with Crippen LogP contribution in [0, 0.1) is 0 Å². The van der Waals surface area contributed by atoms with E-state index in [1.54, 1.807) is 0 Å². The highest BCUT2D eigenvalue weighted by atomic mass is 16.3. The number of nitrogens with zero attached hydrogens (tertiary/aromatic N) is 1. The van der Waals surface area contributed by atoms with Gasteiger partial charge in [-0.15, -0.1) is 0 Å². The van der Waals surface area contributed by atoms with Gasteiger partial charge in [-0.05, 0) is 25.3 Å². The molecule has 23 heavy (non-hydrogen) atoms. The average molecular weight is 321 g/mol. The van der Waals surface area contributed by atoms with E-state index in [-0.39, 0.29) is 12.1 Å². The smallest absolute Gasteiger partial charge is 0.130 e. The zero-order valence-corrected chi connectivity index (χ0v) is 15.8. The first-order chi connectivity index (χ1) is 11.0. The Labute approximate surface area is 144 Å². The summed E-state index contributed by atoms with van der Waals surface area (Å²) >= 11 is 0. The Hall–Kier alpha value is -0.860. The Kier molecular flexibility index (Phi) is 9.50. The number of aliphatic hydroxyl groups is 1. The lowest BCUT2D eigenvalue weighted by molar-refractivity contribution is -0.917. The molecule has 0 saturated carbocycles. The molecule has 0 bridgehead atoms. The molecule has 0 aliphatic carbocycles. The maximum atomic E-state index is 10.6. The zero-order chi connectivity index (χ0) is 17.1. The van der Waals surface area contributed by atoms with E-state index < -0.39 is 0 Å². The van der Waals surface area contributed by atoms with E-state index in [0.717, 1.165) is 16.6 Å². The van der Waals surface area contributed by atoms with Crippen LogP contribution in [-0.2, 0) is 0 Å². The van der Waals surface area contributed by atoms with Crippen LogP contribution in [0.1, 0.15) is 76.9 Å². The third-order valence-electron chi connectivity index (χ3n) is 5.29. The first-order valence-corrected chi connectivity index (χ1v) is 9.54. The number of unbranched alkanes of at least 4 members (excludes halogenated alkanes) is 7. The van der Waals surface area contributed by atoms with Crippen molar-refractivity contribution in [3.05, 3.63) is 35.9 Å². The summed E-state index contributed by atoms with van der Waals surface area (Å²) in [6, 6.07) is 10.3. The van der Waals surface area contributed by atoms with Crippen molar-refractivity contribution in [2.24, 2.45) is 0 Å². The first-order valence-electron chi connectivity index (χ1n) is 9.54. The molecular weight excluding hydrogens is 282 g/mol. The maximum absolute atomic E-state index is 10.6. The lowest BCUT2D eigenvalue weighted by Crippen LogP contribution is -2.50. The normalized spacial score (nSPS) is 14.7. The van der Waals surface area contributed by atoms with Crippen LogP contribution in [0.3, 0.4) is 0 Å². The SMILES string of the molecule is CCCCCCCCCC[N+](C)(C)[C@@H](C)[C@H](O)c1ccccc1. The van der Waals surface area contributed by atoms with Crippen molar-refractivity contribution in [3.8, 4) is 0 Å². The predicted octanol–water partition coefficient (Wildman–Crippen LogP) is 5.33. The molecule has 0 heterocycles. The molecule has 0 aliphatic heterocycles. The zero-order valence-electron chi connectivity index (χ0n) is 15.8. The second kappa shape index (κ2) is 10.8. The largest absolute Gasteiger partial charge is 0.382 e. The van der Waals surface area contributed by atoms with Gasteiger partial charge in [0.15, 0.2) is 0 Å². The van der Waals surface area contributed by atoms with Crippen molar-refractivity contribution in [2.75, 3.05) is 20.6 Å². The van der Waals surface area contributed by atoms with Gasteiger partial charge in [0.1, 0.15) is 12.1 Å². The molecular formula is C21H38NO+. The molecule has 2 heteroatoms. The molecule has 0 aliphatic rings. The van der Waals surface area contributed by atoms with Crippen molar-refractivity contribution in [2.45, 2.75) is 77.4 Å². The van der Waals surface area contributed by atoms with Gasteiger partial charge in [0.25, 0.3) is 0 Å². The van der Waals surface area contributed by atoms with Crippen molar-refractivity contribution in [3.63, 3.8) is 0 Å². The van der Waals surface area contributed by atoms with Gasteiger partial charge in [-0.1, -0.05) is 75.8 Å². The highest BCUT2D eigenvalue weighted by Gasteiger charge is 2.30. The molecule has 0 radical (unpaired) electrons. The number of rotatable bonds is 12. The second-order valence-electron chi connectivity index (χ2n) is 7.57.